The highest BCUT2D eigenvalue weighted by Gasteiger charge is 1.82. The molecular formula is C3H3Br2Cl. The average Bonchev–Trinajstić information content (AvgIpc) is 1.35. The Bertz CT molecular complexity index is 50.8. The van der Waals surface area contributed by atoms with Gasteiger partial charge in [-0.1, -0.05) is 43.5 Å². The van der Waals surface area contributed by atoms with Gasteiger partial charge in [-0.05, 0) is 6.08 Å². The first kappa shape index (κ1) is 6.99. The van der Waals surface area contributed by atoms with Crippen LogP contribution in [0, 0.1) is 0 Å². The SMILES string of the molecule is ClC=CC(Br)Br. The summed E-state index contributed by atoms with van der Waals surface area (Å²) in [6, 6.07) is 0. The van der Waals surface area contributed by atoms with Crippen molar-refractivity contribution in [3.05, 3.63) is 11.6 Å². The van der Waals surface area contributed by atoms with Gasteiger partial charge in [0.2, 0.25) is 0 Å². The van der Waals surface area contributed by atoms with Crippen molar-refractivity contribution in [3.63, 3.8) is 0 Å². The van der Waals surface area contributed by atoms with Crippen molar-refractivity contribution in [1.29, 1.82) is 0 Å². The van der Waals surface area contributed by atoms with Crippen LogP contribution in [0.2, 0.25) is 0 Å². The van der Waals surface area contributed by atoms with E-state index in [1.807, 2.05) is 0 Å². The summed E-state index contributed by atoms with van der Waals surface area (Å²) >= 11 is 11.5. The Kier molecular flexibility index (Phi) is 4.84. The Balaban J connectivity index is 3.03. The van der Waals surface area contributed by atoms with Gasteiger partial charge in [0.1, 0.15) is 0 Å². The second-order valence-corrected chi connectivity index (χ2v) is 4.11. The van der Waals surface area contributed by atoms with Crippen LogP contribution in [0.25, 0.3) is 0 Å². The van der Waals surface area contributed by atoms with Gasteiger partial charge in [-0.25, -0.2) is 0 Å². The van der Waals surface area contributed by atoms with E-state index in [4.69, 9.17) is 11.6 Å². The van der Waals surface area contributed by atoms with Crippen LogP contribution in [-0.4, -0.2) is 3.74 Å². The summed E-state index contributed by atoms with van der Waals surface area (Å²) in [5.74, 6) is 0. The summed E-state index contributed by atoms with van der Waals surface area (Å²) < 4.78 is 0.211. The van der Waals surface area contributed by atoms with Crippen LogP contribution in [0.1, 0.15) is 0 Å². The fourth-order valence-electron chi connectivity index (χ4n) is 0.0550. The van der Waals surface area contributed by atoms with E-state index >= 15 is 0 Å². The molecule has 0 saturated heterocycles. The third kappa shape index (κ3) is 4.99. The lowest BCUT2D eigenvalue weighted by Crippen LogP contribution is -1.67. The fourth-order valence-corrected chi connectivity index (χ4v) is 0.857. The molecule has 6 heavy (non-hydrogen) atoms. The average molecular weight is 234 g/mol. The Morgan fingerprint density at radius 1 is 1.50 bits per heavy atom. The van der Waals surface area contributed by atoms with Crippen LogP contribution in [0.15, 0.2) is 11.6 Å². The van der Waals surface area contributed by atoms with Gasteiger partial charge >= 0.3 is 0 Å². The number of hydrogen-bond acceptors (Lipinski definition) is 0. The molecular weight excluding hydrogens is 231 g/mol. The van der Waals surface area contributed by atoms with Gasteiger partial charge in [-0.3, -0.25) is 0 Å². The molecule has 0 rings (SSSR count). The number of rotatable bonds is 1. The lowest BCUT2D eigenvalue weighted by atomic mass is 10.8. The van der Waals surface area contributed by atoms with Crippen molar-refractivity contribution < 1.29 is 0 Å². The first-order valence-electron chi connectivity index (χ1n) is 1.32. The van der Waals surface area contributed by atoms with Crippen molar-refractivity contribution in [2.45, 2.75) is 3.74 Å². The molecule has 0 heterocycles. The zero-order valence-corrected chi connectivity index (χ0v) is 6.79. The first-order valence-corrected chi connectivity index (χ1v) is 3.59. The van der Waals surface area contributed by atoms with Crippen LogP contribution < -0.4 is 0 Å². The Hall–Kier alpha value is 0.990. The number of hydrogen-bond donors (Lipinski definition) is 0. The maximum absolute atomic E-state index is 5.16. The summed E-state index contributed by atoms with van der Waals surface area (Å²) in [4.78, 5) is 0. The normalized spacial score (nSPS) is 11.3. The molecule has 0 saturated carbocycles. The smallest absolute Gasteiger partial charge is 0.0888 e. The molecule has 0 radical (unpaired) electrons. The minimum Gasteiger partial charge on any atom is -0.0932 e. The maximum Gasteiger partial charge on any atom is 0.0888 e. The number of alkyl halides is 2. The molecule has 0 fully saturated rings. The van der Waals surface area contributed by atoms with E-state index in [0.29, 0.717) is 0 Å². The van der Waals surface area contributed by atoms with E-state index in [-0.39, 0.29) is 3.74 Å². The molecule has 0 aromatic carbocycles. The summed E-state index contributed by atoms with van der Waals surface area (Å²) in [6.45, 7) is 0. The quantitative estimate of drug-likeness (QED) is 0.612. The zero-order chi connectivity index (χ0) is 4.99. The maximum atomic E-state index is 5.16. The number of allylic oxidation sites excluding steroid dienone is 1. The van der Waals surface area contributed by atoms with Crippen LogP contribution in [0.5, 0.6) is 0 Å². The number of halogens is 3. The van der Waals surface area contributed by atoms with Gasteiger partial charge in [-0.2, -0.15) is 0 Å². The molecule has 0 aliphatic carbocycles. The predicted molar refractivity (Wildman–Crippen MR) is 36.6 cm³/mol. The van der Waals surface area contributed by atoms with Gasteiger partial charge < -0.3 is 0 Å². The van der Waals surface area contributed by atoms with Crippen LogP contribution >= 0.6 is 43.5 Å². The molecule has 0 aromatic rings. The highest BCUT2D eigenvalue weighted by atomic mass is 79.9. The van der Waals surface area contributed by atoms with Crippen molar-refractivity contribution in [2.24, 2.45) is 0 Å². The molecule has 0 aliphatic rings. The van der Waals surface area contributed by atoms with E-state index in [2.05, 4.69) is 31.9 Å². The fraction of sp³-hybridized carbons (Fsp3) is 0.333. The minimum absolute atomic E-state index is 0.211. The predicted octanol–water partition coefficient (Wildman–Crippen LogP) is 2.85. The monoisotopic (exact) mass is 232 g/mol. The Labute approximate surface area is 58.8 Å². The summed E-state index contributed by atoms with van der Waals surface area (Å²) in [5.41, 5.74) is 1.45. The van der Waals surface area contributed by atoms with Crippen molar-refractivity contribution in [1.82, 2.24) is 0 Å². The minimum atomic E-state index is 0.211. The van der Waals surface area contributed by atoms with Crippen LogP contribution in [0.3, 0.4) is 0 Å². The topological polar surface area (TPSA) is 0 Å². The van der Waals surface area contributed by atoms with Crippen molar-refractivity contribution in [2.75, 3.05) is 0 Å². The highest BCUT2D eigenvalue weighted by Crippen LogP contribution is 2.08. The molecule has 0 spiro atoms. The van der Waals surface area contributed by atoms with E-state index in [9.17, 15) is 0 Å². The van der Waals surface area contributed by atoms with Gasteiger partial charge in [0.25, 0.3) is 0 Å². The molecule has 0 atom stereocenters. The molecule has 0 amide bonds. The Morgan fingerprint density at radius 3 is 2.00 bits per heavy atom. The summed E-state index contributed by atoms with van der Waals surface area (Å²) in [7, 11) is 0. The molecule has 3 heteroatoms. The standard InChI is InChI=1S/C3H3Br2Cl/c4-3(5)1-2-6/h1-3H. The third-order valence-electron chi connectivity index (χ3n) is 0.218. The first-order chi connectivity index (χ1) is 2.77. The highest BCUT2D eigenvalue weighted by molar-refractivity contribution is 9.24. The summed E-state index contributed by atoms with van der Waals surface area (Å²) in [5, 5.41) is 0. The molecule has 0 bridgehead atoms. The van der Waals surface area contributed by atoms with E-state index in [1.165, 1.54) is 5.54 Å². The van der Waals surface area contributed by atoms with E-state index in [1.54, 1.807) is 6.08 Å². The molecule has 0 N–H and O–H groups in total. The largest absolute Gasteiger partial charge is 0.0932 e. The van der Waals surface area contributed by atoms with Gasteiger partial charge in [0, 0.05) is 5.54 Å². The van der Waals surface area contributed by atoms with Crippen LogP contribution in [-0.2, 0) is 0 Å². The van der Waals surface area contributed by atoms with Crippen molar-refractivity contribution in [3.8, 4) is 0 Å². The molecule has 0 aliphatic heterocycles. The van der Waals surface area contributed by atoms with Gasteiger partial charge in [-0.15, -0.1) is 0 Å². The second-order valence-electron chi connectivity index (χ2n) is 0.653. The third-order valence-corrected chi connectivity index (χ3v) is 0.974. The van der Waals surface area contributed by atoms with Crippen molar-refractivity contribution >= 4 is 43.5 Å². The molecule has 36 valence electrons. The Morgan fingerprint density at radius 2 is 2.00 bits per heavy atom. The van der Waals surface area contributed by atoms with Crippen LogP contribution in [0.4, 0.5) is 0 Å². The van der Waals surface area contributed by atoms with E-state index in [0.717, 1.165) is 0 Å². The van der Waals surface area contributed by atoms with Gasteiger partial charge in [0.05, 0.1) is 3.74 Å². The van der Waals surface area contributed by atoms with Gasteiger partial charge in [0.15, 0.2) is 0 Å². The molecule has 0 nitrogen and oxygen atoms in total. The second kappa shape index (κ2) is 4.16. The molecule has 0 aromatic heterocycles. The lowest BCUT2D eigenvalue weighted by Gasteiger charge is -1.80. The molecule has 0 unspecified atom stereocenters. The zero-order valence-electron chi connectivity index (χ0n) is 2.87. The lowest BCUT2D eigenvalue weighted by molar-refractivity contribution is 1.75. The van der Waals surface area contributed by atoms with E-state index < -0.39 is 0 Å². The summed E-state index contributed by atoms with van der Waals surface area (Å²) in [6.07, 6.45) is 1.77.